The average molecular weight is 309 g/mol. The molecule has 0 saturated heterocycles. The summed E-state index contributed by atoms with van der Waals surface area (Å²) in [4.78, 5) is 9.12. The van der Waals surface area contributed by atoms with E-state index in [1.807, 2.05) is 20.2 Å². The van der Waals surface area contributed by atoms with Crippen LogP contribution in [0.25, 0.3) is 11.4 Å². The Morgan fingerprint density at radius 2 is 2.17 bits per heavy atom. The second-order valence-electron chi connectivity index (χ2n) is 4.37. The molecular weight excluding hydrogens is 296 g/mol. The SMILES string of the molecule is CNc1cc(-c2c(Br)nnn2C)nc(C2CC2)n1. The lowest BCUT2D eigenvalue weighted by Gasteiger charge is -2.07. The normalized spacial score (nSPS) is 14.8. The molecule has 94 valence electrons. The van der Waals surface area contributed by atoms with Crippen molar-refractivity contribution < 1.29 is 0 Å². The first-order chi connectivity index (χ1) is 8.69. The van der Waals surface area contributed by atoms with Crippen LogP contribution in [0.2, 0.25) is 0 Å². The Morgan fingerprint density at radius 1 is 1.39 bits per heavy atom. The van der Waals surface area contributed by atoms with Gasteiger partial charge in [0.15, 0.2) is 4.60 Å². The summed E-state index contributed by atoms with van der Waals surface area (Å²) in [6, 6.07) is 1.91. The molecule has 1 aliphatic carbocycles. The van der Waals surface area contributed by atoms with E-state index in [4.69, 9.17) is 0 Å². The molecule has 1 fully saturated rings. The van der Waals surface area contributed by atoms with Gasteiger partial charge >= 0.3 is 0 Å². The van der Waals surface area contributed by atoms with Crippen LogP contribution >= 0.6 is 15.9 Å². The standard InChI is InChI=1S/C11H13BrN6/c1-13-8-5-7(9-10(12)16-17-18(9)2)14-11(15-8)6-3-4-6/h5-6H,3-4H2,1-2H3,(H,13,14,15). The monoisotopic (exact) mass is 308 g/mol. The van der Waals surface area contributed by atoms with E-state index in [2.05, 4.69) is 41.5 Å². The number of rotatable bonds is 3. The van der Waals surface area contributed by atoms with Gasteiger partial charge in [-0.2, -0.15) is 0 Å². The summed E-state index contributed by atoms with van der Waals surface area (Å²) in [7, 11) is 3.71. The van der Waals surface area contributed by atoms with Gasteiger partial charge in [-0.25, -0.2) is 14.6 Å². The highest BCUT2D eigenvalue weighted by Crippen LogP contribution is 2.39. The van der Waals surface area contributed by atoms with Gasteiger partial charge in [0.1, 0.15) is 17.3 Å². The molecular formula is C11H13BrN6. The molecule has 7 heteroatoms. The molecule has 0 spiro atoms. The number of halogens is 1. The summed E-state index contributed by atoms with van der Waals surface area (Å²) in [6.45, 7) is 0. The molecule has 2 aromatic rings. The van der Waals surface area contributed by atoms with Crippen LogP contribution in [0.3, 0.4) is 0 Å². The second-order valence-corrected chi connectivity index (χ2v) is 5.12. The van der Waals surface area contributed by atoms with Crippen molar-refractivity contribution in [3.8, 4) is 11.4 Å². The molecule has 0 radical (unpaired) electrons. The molecule has 2 heterocycles. The predicted molar refractivity (Wildman–Crippen MR) is 71.3 cm³/mol. The summed E-state index contributed by atoms with van der Waals surface area (Å²) in [5.74, 6) is 2.25. The first-order valence-electron chi connectivity index (χ1n) is 5.81. The van der Waals surface area contributed by atoms with Crippen LogP contribution in [0.4, 0.5) is 5.82 Å². The van der Waals surface area contributed by atoms with Gasteiger partial charge < -0.3 is 5.32 Å². The highest BCUT2D eigenvalue weighted by molar-refractivity contribution is 9.10. The molecule has 1 aliphatic rings. The van der Waals surface area contributed by atoms with Gasteiger partial charge in [-0.1, -0.05) is 5.21 Å². The van der Waals surface area contributed by atoms with Crippen molar-refractivity contribution in [3.63, 3.8) is 0 Å². The molecule has 3 rings (SSSR count). The van der Waals surface area contributed by atoms with E-state index in [9.17, 15) is 0 Å². The molecule has 1 N–H and O–H groups in total. The van der Waals surface area contributed by atoms with Gasteiger partial charge in [0.25, 0.3) is 0 Å². The minimum absolute atomic E-state index is 0.511. The zero-order valence-corrected chi connectivity index (χ0v) is 11.8. The Kier molecular flexibility index (Phi) is 2.77. The number of nitrogens with one attached hydrogen (secondary N) is 1. The number of hydrogen-bond donors (Lipinski definition) is 1. The molecule has 0 amide bonds. The summed E-state index contributed by atoms with van der Waals surface area (Å²) in [5.41, 5.74) is 1.71. The molecule has 0 aliphatic heterocycles. The summed E-state index contributed by atoms with van der Waals surface area (Å²) < 4.78 is 2.41. The van der Waals surface area contributed by atoms with Gasteiger partial charge in [0.05, 0.1) is 5.69 Å². The van der Waals surface area contributed by atoms with Crippen molar-refractivity contribution in [2.24, 2.45) is 7.05 Å². The molecule has 0 aromatic carbocycles. The lowest BCUT2D eigenvalue weighted by Crippen LogP contribution is -2.03. The van der Waals surface area contributed by atoms with Gasteiger partial charge in [0, 0.05) is 26.1 Å². The van der Waals surface area contributed by atoms with Crippen molar-refractivity contribution in [2.75, 3.05) is 12.4 Å². The van der Waals surface area contributed by atoms with Crippen molar-refractivity contribution in [3.05, 3.63) is 16.5 Å². The van der Waals surface area contributed by atoms with Gasteiger partial charge in [-0.3, -0.25) is 0 Å². The van der Waals surface area contributed by atoms with E-state index in [1.54, 1.807) is 4.68 Å². The number of anilines is 1. The third kappa shape index (κ3) is 1.98. The van der Waals surface area contributed by atoms with Crippen molar-refractivity contribution in [1.29, 1.82) is 0 Å². The van der Waals surface area contributed by atoms with Gasteiger partial charge in [-0.15, -0.1) is 5.10 Å². The Morgan fingerprint density at radius 3 is 2.72 bits per heavy atom. The molecule has 0 atom stereocenters. The van der Waals surface area contributed by atoms with E-state index < -0.39 is 0 Å². The fourth-order valence-corrected chi connectivity index (χ4v) is 2.37. The first kappa shape index (κ1) is 11.6. The van der Waals surface area contributed by atoms with Crippen LogP contribution in [-0.4, -0.2) is 32.0 Å². The molecule has 2 aromatic heterocycles. The number of hydrogen-bond acceptors (Lipinski definition) is 5. The summed E-state index contributed by atoms with van der Waals surface area (Å²) >= 11 is 3.40. The van der Waals surface area contributed by atoms with Crippen molar-refractivity contribution in [1.82, 2.24) is 25.0 Å². The topological polar surface area (TPSA) is 68.5 Å². The maximum Gasteiger partial charge on any atom is 0.157 e. The smallest absolute Gasteiger partial charge is 0.157 e. The Hall–Kier alpha value is -1.50. The van der Waals surface area contributed by atoms with Crippen molar-refractivity contribution in [2.45, 2.75) is 18.8 Å². The highest BCUT2D eigenvalue weighted by Gasteiger charge is 2.28. The maximum absolute atomic E-state index is 4.63. The quantitative estimate of drug-likeness (QED) is 0.938. The maximum atomic E-state index is 4.63. The zero-order valence-electron chi connectivity index (χ0n) is 10.2. The lowest BCUT2D eigenvalue weighted by atomic mass is 10.3. The van der Waals surface area contributed by atoms with E-state index in [1.165, 1.54) is 12.8 Å². The van der Waals surface area contributed by atoms with Crippen LogP contribution in [0, 0.1) is 0 Å². The molecule has 6 nitrogen and oxygen atoms in total. The first-order valence-corrected chi connectivity index (χ1v) is 6.60. The van der Waals surface area contributed by atoms with E-state index >= 15 is 0 Å². The second kappa shape index (κ2) is 4.31. The fourth-order valence-electron chi connectivity index (χ4n) is 1.84. The molecule has 0 unspecified atom stereocenters. The van der Waals surface area contributed by atoms with Crippen molar-refractivity contribution >= 4 is 21.7 Å². The zero-order chi connectivity index (χ0) is 12.7. The fraction of sp³-hybridized carbons (Fsp3) is 0.455. The number of aryl methyl sites for hydroxylation is 1. The van der Waals surface area contributed by atoms with Crippen LogP contribution in [0.1, 0.15) is 24.6 Å². The minimum Gasteiger partial charge on any atom is -0.373 e. The van der Waals surface area contributed by atoms with E-state index in [0.29, 0.717) is 10.5 Å². The van der Waals surface area contributed by atoms with Crippen LogP contribution in [-0.2, 0) is 7.05 Å². The van der Waals surface area contributed by atoms with Crippen LogP contribution in [0.15, 0.2) is 10.7 Å². The Labute approximate surface area is 113 Å². The molecule has 0 bridgehead atoms. The minimum atomic E-state index is 0.511. The summed E-state index contributed by atoms with van der Waals surface area (Å²) in [6.07, 6.45) is 2.36. The Bertz CT molecular complexity index is 570. The third-order valence-corrected chi connectivity index (χ3v) is 3.50. The largest absolute Gasteiger partial charge is 0.373 e. The lowest BCUT2D eigenvalue weighted by molar-refractivity contribution is 0.717. The van der Waals surface area contributed by atoms with Crippen LogP contribution in [0.5, 0.6) is 0 Å². The Balaban J connectivity index is 2.13. The average Bonchev–Trinajstić information content (AvgIpc) is 3.16. The highest BCUT2D eigenvalue weighted by atomic mass is 79.9. The van der Waals surface area contributed by atoms with Gasteiger partial charge in [0.2, 0.25) is 0 Å². The summed E-state index contributed by atoms with van der Waals surface area (Å²) in [5, 5.41) is 11.0. The predicted octanol–water partition coefficient (Wildman–Crippen LogP) is 1.95. The van der Waals surface area contributed by atoms with E-state index in [-0.39, 0.29) is 0 Å². The van der Waals surface area contributed by atoms with Crippen LogP contribution < -0.4 is 5.32 Å². The molecule has 1 saturated carbocycles. The number of aromatic nitrogens is 5. The molecule has 18 heavy (non-hydrogen) atoms. The number of nitrogens with zero attached hydrogens (tertiary/aromatic N) is 5. The third-order valence-electron chi connectivity index (χ3n) is 2.97. The van der Waals surface area contributed by atoms with Gasteiger partial charge in [-0.05, 0) is 28.8 Å². The van der Waals surface area contributed by atoms with E-state index in [0.717, 1.165) is 23.0 Å².